The van der Waals surface area contributed by atoms with E-state index in [1.165, 1.54) is 0 Å². The second-order valence-electron chi connectivity index (χ2n) is 8.35. The Morgan fingerprint density at radius 2 is 2.00 bits per heavy atom. The highest BCUT2D eigenvalue weighted by Crippen LogP contribution is 2.21. The molecule has 2 N–H and O–H groups in total. The van der Waals surface area contributed by atoms with Crippen LogP contribution in [0.15, 0.2) is 29.3 Å². The summed E-state index contributed by atoms with van der Waals surface area (Å²) in [6.45, 7) is 13.1. The molecular formula is C22H38N4O3. The molecule has 1 aliphatic rings. The zero-order chi connectivity index (χ0) is 21.1. The largest absolute Gasteiger partial charge is 0.492 e. The lowest BCUT2D eigenvalue weighted by molar-refractivity contribution is 0.0205. The summed E-state index contributed by atoms with van der Waals surface area (Å²) in [5.74, 6) is 1.66. The Kier molecular flexibility index (Phi) is 9.70. The first-order valence-electron chi connectivity index (χ1n) is 10.4. The van der Waals surface area contributed by atoms with Gasteiger partial charge in [0.05, 0.1) is 19.3 Å². The van der Waals surface area contributed by atoms with Crippen LogP contribution in [0.4, 0.5) is 0 Å². The summed E-state index contributed by atoms with van der Waals surface area (Å²) in [7, 11) is 3.53. The number of methoxy groups -OCH3 is 1. The molecule has 1 aliphatic heterocycles. The maximum absolute atomic E-state index is 5.94. The Bertz CT molecular complexity index is 625. The van der Waals surface area contributed by atoms with Crippen molar-refractivity contribution in [2.45, 2.75) is 33.4 Å². The number of hydrogen-bond donors (Lipinski definition) is 2. The Morgan fingerprint density at radius 3 is 2.66 bits per heavy atom. The SMILES string of the molecule is CN=C(NCc1cccc(OCCN2CCOCC2)c1)NCC(OC)C(C)(C)C. The fraction of sp³-hybridized carbons (Fsp3) is 0.682. The van der Waals surface area contributed by atoms with Gasteiger partial charge in [0.15, 0.2) is 5.96 Å². The van der Waals surface area contributed by atoms with Crippen molar-refractivity contribution >= 4 is 5.96 Å². The van der Waals surface area contributed by atoms with Crippen LogP contribution in [0.3, 0.4) is 0 Å². The van der Waals surface area contributed by atoms with Gasteiger partial charge < -0.3 is 24.8 Å². The molecular weight excluding hydrogens is 368 g/mol. The molecule has 29 heavy (non-hydrogen) atoms. The van der Waals surface area contributed by atoms with Gasteiger partial charge in [0.2, 0.25) is 0 Å². The van der Waals surface area contributed by atoms with Crippen LogP contribution in [-0.2, 0) is 16.0 Å². The summed E-state index contributed by atoms with van der Waals surface area (Å²) in [5, 5.41) is 6.71. The number of aliphatic imine (C=N–C) groups is 1. The van der Waals surface area contributed by atoms with Crippen LogP contribution in [0.1, 0.15) is 26.3 Å². The number of hydrogen-bond acceptors (Lipinski definition) is 5. The third-order valence-electron chi connectivity index (χ3n) is 5.07. The molecule has 1 aromatic carbocycles. The Morgan fingerprint density at radius 1 is 1.24 bits per heavy atom. The number of nitrogens with one attached hydrogen (secondary N) is 2. The van der Waals surface area contributed by atoms with E-state index in [4.69, 9.17) is 14.2 Å². The molecule has 1 saturated heterocycles. The number of rotatable bonds is 9. The maximum atomic E-state index is 5.94. The summed E-state index contributed by atoms with van der Waals surface area (Å²) in [4.78, 5) is 6.68. The van der Waals surface area contributed by atoms with Gasteiger partial charge in [-0.3, -0.25) is 9.89 Å². The zero-order valence-corrected chi connectivity index (χ0v) is 18.7. The molecule has 0 radical (unpaired) electrons. The number of benzene rings is 1. The molecule has 1 aromatic rings. The normalized spacial score (nSPS) is 17.1. The second kappa shape index (κ2) is 12.0. The predicted octanol–water partition coefficient (Wildman–Crippen LogP) is 2.12. The van der Waals surface area contributed by atoms with E-state index in [-0.39, 0.29) is 11.5 Å². The Balaban J connectivity index is 1.76. The van der Waals surface area contributed by atoms with Crippen LogP contribution in [0.25, 0.3) is 0 Å². The van der Waals surface area contributed by atoms with Gasteiger partial charge in [-0.05, 0) is 23.1 Å². The molecule has 1 atom stereocenters. The predicted molar refractivity (Wildman–Crippen MR) is 118 cm³/mol. The van der Waals surface area contributed by atoms with Gasteiger partial charge in [-0.15, -0.1) is 0 Å². The monoisotopic (exact) mass is 406 g/mol. The van der Waals surface area contributed by atoms with Crippen LogP contribution in [0.5, 0.6) is 5.75 Å². The summed E-state index contributed by atoms with van der Waals surface area (Å²) >= 11 is 0. The highest BCUT2D eigenvalue weighted by atomic mass is 16.5. The third kappa shape index (κ3) is 8.60. The second-order valence-corrected chi connectivity index (χ2v) is 8.35. The lowest BCUT2D eigenvalue weighted by Gasteiger charge is -2.30. The molecule has 7 nitrogen and oxygen atoms in total. The van der Waals surface area contributed by atoms with E-state index in [1.54, 1.807) is 14.2 Å². The van der Waals surface area contributed by atoms with Gasteiger partial charge in [-0.2, -0.15) is 0 Å². The van der Waals surface area contributed by atoms with Crippen LogP contribution in [-0.4, -0.2) is 77.1 Å². The quantitative estimate of drug-likeness (QED) is 0.484. The molecule has 2 rings (SSSR count). The van der Waals surface area contributed by atoms with Crippen molar-refractivity contribution in [3.63, 3.8) is 0 Å². The van der Waals surface area contributed by atoms with Crippen molar-refractivity contribution in [3.8, 4) is 5.75 Å². The minimum absolute atomic E-state index is 0.0630. The topological polar surface area (TPSA) is 67.4 Å². The highest BCUT2D eigenvalue weighted by molar-refractivity contribution is 5.79. The van der Waals surface area contributed by atoms with Crippen molar-refractivity contribution in [2.24, 2.45) is 10.4 Å². The molecule has 164 valence electrons. The van der Waals surface area contributed by atoms with Crippen molar-refractivity contribution in [3.05, 3.63) is 29.8 Å². The van der Waals surface area contributed by atoms with E-state index < -0.39 is 0 Å². The molecule has 1 fully saturated rings. The molecule has 0 aromatic heterocycles. The standard InChI is InChI=1S/C22H38N4O3/c1-22(2,3)20(27-5)17-25-21(23-4)24-16-18-7-6-8-19(15-18)29-14-11-26-9-12-28-13-10-26/h6-8,15,20H,9-14,16-17H2,1-5H3,(H2,23,24,25). The maximum Gasteiger partial charge on any atom is 0.191 e. The summed E-state index contributed by atoms with van der Waals surface area (Å²) in [5.41, 5.74) is 1.21. The number of morpholine rings is 1. The van der Waals surface area contributed by atoms with E-state index in [2.05, 4.69) is 53.4 Å². The molecule has 1 unspecified atom stereocenters. The van der Waals surface area contributed by atoms with E-state index >= 15 is 0 Å². The molecule has 1 heterocycles. The molecule has 0 amide bonds. The van der Waals surface area contributed by atoms with E-state index in [0.717, 1.165) is 50.1 Å². The average molecular weight is 407 g/mol. The molecule has 0 bridgehead atoms. The average Bonchev–Trinajstić information content (AvgIpc) is 2.71. The fourth-order valence-corrected chi connectivity index (χ4v) is 3.20. The zero-order valence-electron chi connectivity index (χ0n) is 18.7. The molecule has 0 saturated carbocycles. The minimum atomic E-state index is 0.0630. The minimum Gasteiger partial charge on any atom is -0.492 e. The first-order chi connectivity index (χ1) is 13.9. The first-order valence-corrected chi connectivity index (χ1v) is 10.4. The molecule has 7 heteroatoms. The smallest absolute Gasteiger partial charge is 0.191 e. The van der Waals surface area contributed by atoms with Crippen LogP contribution < -0.4 is 15.4 Å². The number of nitrogens with zero attached hydrogens (tertiary/aromatic N) is 2. The van der Waals surface area contributed by atoms with Crippen molar-refractivity contribution in [1.82, 2.24) is 15.5 Å². The Labute approximate surface area is 175 Å². The highest BCUT2D eigenvalue weighted by Gasteiger charge is 2.24. The third-order valence-corrected chi connectivity index (χ3v) is 5.07. The van der Waals surface area contributed by atoms with Gasteiger partial charge in [0.25, 0.3) is 0 Å². The van der Waals surface area contributed by atoms with Crippen LogP contribution >= 0.6 is 0 Å². The Hall–Kier alpha value is -1.83. The summed E-state index contributed by atoms with van der Waals surface area (Å²) in [6, 6.07) is 8.19. The van der Waals surface area contributed by atoms with Gasteiger partial charge in [0, 0.05) is 46.9 Å². The fourth-order valence-electron chi connectivity index (χ4n) is 3.20. The lowest BCUT2D eigenvalue weighted by atomic mass is 9.89. The number of ether oxygens (including phenoxy) is 3. The molecule has 0 spiro atoms. The number of guanidine groups is 1. The van der Waals surface area contributed by atoms with Gasteiger partial charge in [-0.25, -0.2) is 0 Å². The van der Waals surface area contributed by atoms with Crippen molar-refractivity contribution in [1.29, 1.82) is 0 Å². The van der Waals surface area contributed by atoms with E-state index in [1.807, 2.05) is 12.1 Å². The van der Waals surface area contributed by atoms with Gasteiger partial charge >= 0.3 is 0 Å². The summed E-state index contributed by atoms with van der Waals surface area (Å²) < 4.78 is 16.9. The lowest BCUT2D eigenvalue weighted by Crippen LogP contribution is -2.45. The van der Waals surface area contributed by atoms with Gasteiger partial charge in [-0.1, -0.05) is 32.9 Å². The summed E-state index contributed by atoms with van der Waals surface area (Å²) in [6.07, 6.45) is 0.101. The van der Waals surface area contributed by atoms with E-state index in [9.17, 15) is 0 Å². The van der Waals surface area contributed by atoms with E-state index in [0.29, 0.717) is 19.7 Å². The van der Waals surface area contributed by atoms with Crippen LogP contribution in [0, 0.1) is 5.41 Å². The van der Waals surface area contributed by atoms with Crippen molar-refractivity contribution < 1.29 is 14.2 Å². The first kappa shape index (κ1) is 23.4. The van der Waals surface area contributed by atoms with Crippen LogP contribution in [0.2, 0.25) is 0 Å². The van der Waals surface area contributed by atoms with Crippen molar-refractivity contribution in [2.75, 3.05) is 60.2 Å². The molecule has 0 aliphatic carbocycles. The van der Waals surface area contributed by atoms with Gasteiger partial charge in [0.1, 0.15) is 12.4 Å².